The van der Waals surface area contributed by atoms with Crippen LogP contribution in [0.15, 0.2) is 59.6 Å². The molecule has 0 radical (unpaired) electrons. The number of amides is 1. The van der Waals surface area contributed by atoms with E-state index in [-0.39, 0.29) is 35.8 Å². The van der Waals surface area contributed by atoms with Crippen LogP contribution < -0.4 is 15.8 Å². The summed E-state index contributed by atoms with van der Waals surface area (Å²) >= 11 is 0. The highest BCUT2D eigenvalue weighted by Crippen LogP contribution is 2.23. The number of rotatable bonds is 6. The number of guanidine groups is 1. The average molecular weight is 480 g/mol. The van der Waals surface area contributed by atoms with Gasteiger partial charge in [0.05, 0.1) is 6.54 Å². The van der Waals surface area contributed by atoms with Crippen molar-refractivity contribution in [2.24, 2.45) is 10.7 Å². The van der Waals surface area contributed by atoms with Crippen molar-refractivity contribution in [3.05, 3.63) is 54.6 Å². The van der Waals surface area contributed by atoms with E-state index in [2.05, 4.69) is 10.3 Å². The summed E-state index contributed by atoms with van der Waals surface area (Å²) in [6.45, 7) is 2.11. The number of aliphatic imine (C=N–C) groups is 1. The smallest absolute Gasteiger partial charge is 0.224 e. The summed E-state index contributed by atoms with van der Waals surface area (Å²) in [5.74, 6) is 1.92. The van der Waals surface area contributed by atoms with E-state index in [4.69, 9.17) is 10.5 Å². The van der Waals surface area contributed by atoms with E-state index in [1.54, 1.807) is 0 Å². The van der Waals surface area contributed by atoms with Crippen LogP contribution in [0.3, 0.4) is 0 Å². The Morgan fingerprint density at radius 2 is 1.78 bits per heavy atom. The largest absolute Gasteiger partial charge is 0.457 e. The fourth-order valence-corrected chi connectivity index (χ4v) is 2.85. The van der Waals surface area contributed by atoms with Crippen LogP contribution in [0.4, 0.5) is 5.69 Å². The first kappa shape index (κ1) is 21.0. The van der Waals surface area contributed by atoms with Gasteiger partial charge in [-0.1, -0.05) is 24.3 Å². The molecule has 2 aromatic carbocycles. The standard InChI is InChI=1S/C20H24N4O2.HI/c21-20(22-12-11-19(25)24-13-4-5-14-24)23-16-7-6-10-18(15-16)26-17-8-2-1-3-9-17;/h1-3,6-10,15H,4-5,11-14H2,(H3,21,22,23);1H. The fourth-order valence-electron chi connectivity index (χ4n) is 2.85. The predicted molar refractivity (Wildman–Crippen MR) is 119 cm³/mol. The van der Waals surface area contributed by atoms with Crippen molar-refractivity contribution >= 4 is 41.5 Å². The molecule has 0 bridgehead atoms. The number of nitrogens with zero attached hydrogens (tertiary/aromatic N) is 2. The number of nitrogens with two attached hydrogens (primary N) is 1. The normalized spacial score (nSPS) is 13.8. The molecule has 0 unspecified atom stereocenters. The maximum Gasteiger partial charge on any atom is 0.224 e. The zero-order valence-corrected chi connectivity index (χ0v) is 17.5. The third kappa shape index (κ3) is 6.74. The van der Waals surface area contributed by atoms with E-state index in [0.717, 1.165) is 37.4 Å². The molecular formula is C20H25IN4O2. The zero-order valence-electron chi connectivity index (χ0n) is 15.1. The van der Waals surface area contributed by atoms with Gasteiger partial charge in [0, 0.05) is 31.3 Å². The lowest BCUT2D eigenvalue weighted by Gasteiger charge is -2.14. The molecule has 1 heterocycles. The average Bonchev–Trinajstić information content (AvgIpc) is 3.17. The number of carbonyl (C=O) groups is 1. The minimum atomic E-state index is 0. The van der Waals surface area contributed by atoms with E-state index in [1.165, 1.54) is 0 Å². The lowest BCUT2D eigenvalue weighted by Crippen LogP contribution is -2.28. The monoisotopic (exact) mass is 480 g/mol. The van der Waals surface area contributed by atoms with Gasteiger partial charge < -0.3 is 20.7 Å². The van der Waals surface area contributed by atoms with Crippen molar-refractivity contribution in [3.8, 4) is 11.5 Å². The van der Waals surface area contributed by atoms with Crippen molar-refractivity contribution in [1.29, 1.82) is 0 Å². The maximum atomic E-state index is 12.0. The molecule has 0 saturated carbocycles. The summed E-state index contributed by atoms with van der Waals surface area (Å²) in [6.07, 6.45) is 2.58. The number of likely N-dealkylation sites (tertiary alicyclic amines) is 1. The number of carbonyl (C=O) groups excluding carboxylic acids is 1. The van der Waals surface area contributed by atoms with Crippen LogP contribution in [0.1, 0.15) is 19.3 Å². The molecule has 1 amide bonds. The van der Waals surface area contributed by atoms with E-state index in [9.17, 15) is 4.79 Å². The minimum absolute atomic E-state index is 0. The van der Waals surface area contributed by atoms with Gasteiger partial charge in [0.2, 0.25) is 5.91 Å². The molecule has 0 aliphatic carbocycles. The van der Waals surface area contributed by atoms with Gasteiger partial charge in [-0.3, -0.25) is 9.79 Å². The predicted octanol–water partition coefficient (Wildman–Crippen LogP) is 3.84. The van der Waals surface area contributed by atoms with Gasteiger partial charge in [-0.15, -0.1) is 24.0 Å². The van der Waals surface area contributed by atoms with Gasteiger partial charge in [0.1, 0.15) is 11.5 Å². The summed E-state index contributed by atoms with van der Waals surface area (Å²) in [6, 6.07) is 17.1. The second kappa shape index (κ2) is 10.8. The minimum Gasteiger partial charge on any atom is -0.457 e. The lowest BCUT2D eigenvalue weighted by molar-refractivity contribution is -0.129. The number of hydrogen-bond acceptors (Lipinski definition) is 3. The molecule has 144 valence electrons. The summed E-state index contributed by atoms with van der Waals surface area (Å²) in [4.78, 5) is 18.1. The highest BCUT2D eigenvalue weighted by Gasteiger charge is 2.16. The van der Waals surface area contributed by atoms with Gasteiger partial charge >= 0.3 is 0 Å². The molecule has 3 rings (SSSR count). The first-order chi connectivity index (χ1) is 12.7. The summed E-state index contributed by atoms with van der Waals surface area (Å²) < 4.78 is 5.80. The molecule has 3 N–H and O–H groups in total. The molecule has 6 nitrogen and oxygen atoms in total. The van der Waals surface area contributed by atoms with Crippen LogP contribution in [0, 0.1) is 0 Å². The topological polar surface area (TPSA) is 80.0 Å². The number of hydrogen-bond donors (Lipinski definition) is 2. The Hall–Kier alpha value is -2.29. The third-order valence-electron chi connectivity index (χ3n) is 4.15. The number of para-hydroxylation sites is 1. The Morgan fingerprint density at radius 1 is 1.07 bits per heavy atom. The molecule has 1 aliphatic heterocycles. The molecule has 0 aromatic heterocycles. The summed E-state index contributed by atoms with van der Waals surface area (Å²) in [7, 11) is 0. The second-order valence-electron chi connectivity index (χ2n) is 6.17. The number of halogens is 1. The summed E-state index contributed by atoms with van der Waals surface area (Å²) in [5.41, 5.74) is 6.70. The van der Waals surface area contributed by atoms with Crippen LogP contribution >= 0.6 is 24.0 Å². The van der Waals surface area contributed by atoms with Gasteiger partial charge in [-0.25, -0.2) is 0 Å². The second-order valence-corrected chi connectivity index (χ2v) is 6.17. The van der Waals surface area contributed by atoms with Crippen LogP contribution in [0.25, 0.3) is 0 Å². The Bertz CT molecular complexity index is 762. The number of benzene rings is 2. The molecule has 27 heavy (non-hydrogen) atoms. The Balaban J connectivity index is 0.00000261. The number of ether oxygens (including phenoxy) is 1. The van der Waals surface area contributed by atoms with E-state index < -0.39 is 0 Å². The molecular weight excluding hydrogens is 455 g/mol. The fraction of sp³-hybridized carbons (Fsp3) is 0.300. The van der Waals surface area contributed by atoms with Crippen molar-refractivity contribution in [2.75, 3.05) is 25.0 Å². The van der Waals surface area contributed by atoms with E-state index >= 15 is 0 Å². The van der Waals surface area contributed by atoms with Crippen molar-refractivity contribution in [3.63, 3.8) is 0 Å². The van der Waals surface area contributed by atoms with Gasteiger partial charge in [0.15, 0.2) is 5.96 Å². The van der Waals surface area contributed by atoms with Crippen molar-refractivity contribution < 1.29 is 9.53 Å². The van der Waals surface area contributed by atoms with Crippen LogP contribution in [0.5, 0.6) is 11.5 Å². The quantitative estimate of drug-likeness (QED) is 0.374. The molecule has 1 saturated heterocycles. The summed E-state index contributed by atoms with van der Waals surface area (Å²) in [5, 5.41) is 3.03. The van der Waals surface area contributed by atoms with Gasteiger partial charge in [-0.2, -0.15) is 0 Å². The molecule has 0 spiro atoms. The van der Waals surface area contributed by atoms with Crippen molar-refractivity contribution in [2.45, 2.75) is 19.3 Å². The van der Waals surface area contributed by atoms with E-state index in [1.807, 2.05) is 59.5 Å². The van der Waals surface area contributed by atoms with Crippen LogP contribution in [0.2, 0.25) is 0 Å². The molecule has 2 aromatic rings. The maximum absolute atomic E-state index is 12.0. The first-order valence-electron chi connectivity index (χ1n) is 8.88. The zero-order chi connectivity index (χ0) is 18.2. The highest BCUT2D eigenvalue weighted by molar-refractivity contribution is 14.0. The molecule has 7 heteroatoms. The van der Waals surface area contributed by atoms with Crippen LogP contribution in [-0.4, -0.2) is 36.4 Å². The Kier molecular flexibility index (Phi) is 8.38. The van der Waals surface area contributed by atoms with Crippen molar-refractivity contribution in [1.82, 2.24) is 4.90 Å². The van der Waals surface area contributed by atoms with Gasteiger partial charge in [0.25, 0.3) is 0 Å². The Morgan fingerprint density at radius 3 is 2.52 bits per heavy atom. The third-order valence-corrected chi connectivity index (χ3v) is 4.15. The number of nitrogens with one attached hydrogen (secondary N) is 1. The van der Waals surface area contributed by atoms with E-state index in [0.29, 0.717) is 18.7 Å². The molecule has 1 fully saturated rings. The van der Waals surface area contributed by atoms with Crippen LogP contribution in [-0.2, 0) is 4.79 Å². The Labute approximate surface area is 176 Å². The highest BCUT2D eigenvalue weighted by atomic mass is 127. The molecule has 1 aliphatic rings. The first-order valence-corrected chi connectivity index (χ1v) is 8.88. The number of anilines is 1. The van der Waals surface area contributed by atoms with Gasteiger partial charge in [-0.05, 0) is 37.1 Å². The lowest BCUT2D eigenvalue weighted by atomic mass is 10.3. The molecule has 0 atom stereocenters. The SMILES string of the molecule is I.NC(=NCCC(=O)N1CCCC1)Nc1cccc(Oc2ccccc2)c1.